The Morgan fingerprint density at radius 1 is 1.06 bits per heavy atom. The number of phenolic OH excluding ortho intramolecular Hbond substituents is 1. The molecular weight excluding hydrogens is 202 g/mol. The summed E-state index contributed by atoms with van der Waals surface area (Å²) < 4.78 is 5.66. The number of aryl methyl sites for hydroxylation is 1. The number of hydrogen-bond donors (Lipinski definition) is 2. The van der Waals surface area contributed by atoms with Gasteiger partial charge in [0.25, 0.3) is 0 Å². The highest BCUT2D eigenvalue weighted by molar-refractivity contribution is 5.57. The molecule has 0 heterocycles. The number of benzene rings is 2. The van der Waals surface area contributed by atoms with E-state index in [4.69, 9.17) is 10.5 Å². The lowest BCUT2D eigenvalue weighted by Crippen LogP contribution is -1.92. The van der Waals surface area contributed by atoms with Crippen molar-refractivity contribution in [3.63, 3.8) is 0 Å². The first-order valence-corrected chi connectivity index (χ1v) is 4.99. The smallest absolute Gasteiger partial charge is 0.150 e. The summed E-state index contributed by atoms with van der Waals surface area (Å²) >= 11 is 0. The van der Waals surface area contributed by atoms with E-state index >= 15 is 0 Å². The molecule has 0 aliphatic heterocycles. The van der Waals surface area contributed by atoms with Crippen molar-refractivity contribution >= 4 is 5.69 Å². The van der Waals surface area contributed by atoms with Crippen LogP contribution in [0.5, 0.6) is 17.2 Å². The number of para-hydroxylation sites is 1. The standard InChI is InChI=1S/C13H13NO2/c1-9-4-2-3-5-12(9)16-13-7-6-10(15)8-11(13)14/h2-8,15H,14H2,1H3. The van der Waals surface area contributed by atoms with Crippen LogP contribution in [-0.2, 0) is 0 Å². The summed E-state index contributed by atoms with van der Waals surface area (Å²) in [6, 6.07) is 12.4. The van der Waals surface area contributed by atoms with Gasteiger partial charge in [-0.25, -0.2) is 0 Å². The maximum absolute atomic E-state index is 9.22. The summed E-state index contributed by atoms with van der Waals surface area (Å²) in [5.41, 5.74) is 7.19. The van der Waals surface area contributed by atoms with Gasteiger partial charge in [-0.05, 0) is 30.7 Å². The lowest BCUT2D eigenvalue weighted by Gasteiger charge is -2.10. The van der Waals surface area contributed by atoms with Gasteiger partial charge in [0.1, 0.15) is 11.5 Å². The van der Waals surface area contributed by atoms with E-state index in [0.717, 1.165) is 11.3 Å². The van der Waals surface area contributed by atoms with Crippen LogP contribution in [0.15, 0.2) is 42.5 Å². The minimum atomic E-state index is 0.134. The molecule has 0 amide bonds. The second-order valence-electron chi connectivity index (χ2n) is 3.59. The fourth-order valence-corrected chi connectivity index (χ4v) is 1.42. The van der Waals surface area contributed by atoms with Crippen molar-refractivity contribution in [1.82, 2.24) is 0 Å². The Bertz CT molecular complexity index is 509. The molecule has 16 heavy (non-hydrogen) atoms. The van der Waals surface area contributed by atoms with Crippen LogP contribution in [0.4, 0.5) is 5.69 Å². The molecule has 0 radical (unpaired) electrons. The van der Waals surface area contributed by atoms with Gasteiger partial charge in [0.05, 0.1) is 5.69 Å². The number of ether oxygens (including phenoxy) is 1. The average molecular weight is 215 g/mol. The molecule has 0 bridgehead atoms. The van der Waals surface area contributed by atoms with Crippen molar-refractivity contribution in [2.75, 3.05) is 5.73 Å². The van der Waals surface area contributed by atoms with Crippen LogP contribution in [0.2, 0.25) is 0 Å². The van der Waals surface area contributed by atoms with Crippen molar-refractivity contribution < 1.29 is 9.84 Å². The van der Waals surface area contributed by atoms with Gasteiger partial charge in [0.15, 0.2) is 5.75 Å². The third kappa shape index (κ3) is 2.08. The van der Waals surface area contributed by atoms with Crippen LogP contribution in [-0.4, -0.2) is 5.11 Å². The summed E-state index contributed by atoms with van der Waals surface area (Å²) in [6.07, 6.45) is 0. The van der Waals surface area contributed by atoms with Crippen LogP contribution < -0.4 is 10.5 Å². The Kier molecular flexibility index (Phi) is 2.68. The minimum absolute atomic E-state index is 0.134. The molecule has 0 saturated heterocycles. The molecular formula is C13H13NO2. The molecule has 0 aromatic heterocycles. The van der Waals surface area contributed by atoms with Gasteiger partial charge in [0.2, 0.25) is 0 Å². The Balaban J connectivity index is 2.31. The fraction of sp³-hybridized carbons (Fsp3) is 0.0769. The van der Waals surface area contributed by atoms with Crippen molar-refractivity contribution in [1.29, 1.82) is 0 Å². The number of nitrogen functional groups attached to an aromatic ring is 1. The van der Waals surface area contributed by atoms with E-state index in [9.17, 15) is 5.11 Å². The van der Waals surface area contributed by atoms with Gasteiger partial charge in [-0.15, -0.1) is 0 Å². The van der Waals surface area contributed by atoms with Gasteiger partial charge in [-0.1, -0.05) is 18.2 Å². The first kappa shape index (κ1) is 10.4. The molecule has 0 saturated carbocycles. The number of anilines is 1. The largest absolute Gasteiger partial charge is 0.508 e. The third-order valence-electron chi connectivity index (χ3n) is 2.31. The van der Waals surface area contributed by atoms with Crippen LogP contribution in [0.1, 0.15) is 5.56 Å². The Hall–Kier alpha value is -2.16. The summed E-state index contributed by atoms with van der Waals surface area (Å²) in [6.45, 7) is 1.96. The molecule has 0 unspecified atom stereocenters. The predicted molar refractivity (Wildman–Crippen MR) is 63.8 cm³/mol. The highest BCUT2D eigenvalue weighted by Gasteiger charge is 2.04. The molecule has 0 aliphatic carbocycles. The van der Waals surface area contributed by atoms with Crippen molar-refractivity contribution in [2.24, 2.45) is 0 Å². The van der Waals surface area contributed by atoms with E-state index in [0.29, 0.717) is 11.4 Å². The molecule has 0 fully saturated rings. The highest BCUT2D eigenvalue weighted by Crippen LogP contribution is 2.31. The predicted octanol–water partition coefficient (Wildman–Crippen LogP) is 3.08. The van der Waals surface area contributed by atoms with Crippen molar-refractivity contribution in [3.05, 3.63) is 48.0 Å². The van der Waals surface area contributed by atoms with Gasteiger partial charge in [0, 0.05) is 6.07 Å². The fourth-order valence-electron chi connectivity index (χ4n) is 1.42. The van der Waals surface area contributed by atoms with Crippen molar-refractivity contribution in [2.45, 2.75) is 6.92 Å². The van der Waals surface area contributed by atoms with E-state index in [1.807, 2.05) is 31.2 Å². The maximum atomic E-state index is 9.22. The van der Waals surface area contributed by atoms with E-state index in [2.05, 4.69) is 0 Å². The second kappa shape index (κ2) is 4.14. The molecule has 3 nitrogen and oxygen atoms in total. The third-order valence-corrected chi connectivity index (χ3v) is 2.31. The van der Waals surface area contributed by atoms with E-state index in [1.54, 1.807) is 12.1 Å². The van der Waals surface area contributed by atoms with E-state index < -0.39 is 0 Å². The van der Waals surface area contributed by atoms with Crippen LogP contribution >= 0.6 is 0 Å². The van der Waals surface area contributed by atoms with Crippen LogP contribution in [0.3, 0.4) is 0 Å². The number of rotatable bonds is 2. The molecule has 0 aliphatic rings. The molecule has 3 N–H and O–H groups in total. The molecule has 2 aromatic carbocycles. The first-order valence-electron chi connectivity index (χ1n) is 4.99. The Morgan fingerprint density at radius 3 is 2.50 bits per heavy atom. The average Bonchev–Trinajstić information content (AvgIpc) is 2.25. The molecule has 2 aromatic rings. The zero-order valence-electron chi connectivity index (χ0n) is 8.97. The molecule has 0 atom stereocenters. The summed E-state index contributed by atoms with van der Waals surface area (Å²) in [4.78, 5) is 0. The quantitative estimate of drug-likeness (QED) is 0.757. The normalized spacial score (nSPS) is 10.1. The highest BCUT2D eigenvalue weighted by atomic mass is 16.5. The maximum Gasteiger partial charge on any atom is 0.150 e. The molecule has 0 spiro atoms. The number of hydrogen-bond acceptors (Lipinski definition) is 3. The van der Waals surface area contributed by atoms with Gasteiger partial charge in [-0.2, -0.15) is 0 Å². The lowest BCUT2D eigenvalue weighted by molar-refractivity contribution is 0.465. The number of phenols is 1. The molecule has 2 rings (SSSR count). The number of aromatic hydroxyl groups is 1. The second-order valence-corrected chi connectivity index (χ2v) is 3.59. The zero-order chi connectivity index (χ0) is 11.5. The Labute approximate surface area is 94.1 Å². The van der Waals surface area contributed by atoms with Crippen LogP contribution in [0, 0.1) is 6.92 Å². The summed E-state index contributed by atoms with van der Waals surface area (Å²) in [5.74, 6) is 1.45. The van der Waals surface area contributed by atoms with Crippen LogP contribution in [0.25, 0.3) is 0 Å². The Morgan fingerprint density at radius 2 is 1.81 bits per heavy atom. The van der Waals surface area contributed by atoms with E-state index in [-0.39, 0.29) is 5.75 Å². The monoisotopic (exact) mass is 215 g/mol. The molecule has 82 valence electrons. The summed E-state index contributed by atoms with van der Waals surface area (Å²) in [5, 5.41) is 9.22. The first-order chi connectivity index (χ1) is 7.66. The topological polar surface area (TPSA) is 55.5 Å². The van der Waals surface area contributed by atoms with Gasteiger partial charge < -0.3 is 15.6 Å². The van der Waals surface area contributed by atoms with Gasteiger partial charge >= 0.3 is 0 Å². The molecule has 3 heteroatoms. The van der Waals surface area contributed by atoms with Gasteiger partial charge in [-0.3, -0.25) is 0 Å². The van der Waals surface area contributed by atoms with Crippen molar-refractivity contribution in [3.8, 4) is 17.2 Å². The lowest BCUT2D eigenvalue weighted by atomic mass is 10.2. The zero-order valence-corrected chi connectivity index (χ0v) is 8.97. The minimum Gasteiger partial charge on any atom is -0.508 e. The number of nitrogens with two attached hydrogens (primary N) is 1. The summed E-state index contributed by atoms with van der Waals surface area (Å²) in [7, 11) is 0. The van der Waals surface area contributed by atoms with E-state index in [1.165, 1.54) is 6.07 Å². The SMILES string of the molecule is Cc1ccccc1Oc1ccc(O)cc1N.